The molecule has 30 heavy (non-hydrogen) atoms. The highest BCUT2D eigenvalue weighted by Gasteiger charge is 2.43. The van der Waals surface area contributed by atoms with E-state index in [1.165, 1.54) is 12.4 Å². The van der Waals surface area contributed by atoms with Crippen LogP contribution in [0.4, 0.5) is 0 Å². The second-order valence-corrected chi connectivity index (χ2v) is 8.45. The number of aromatic nitrogens is 2. The van der Waals surface area contributed by atoms with Crippen molar-refractivity contribution in [2.75, 3.05) is 0 Å². The van der Waals surface area contributed by atoms with Gasteiger partial charge in [0.1, 0.15) is 22.2 Å². The lowest BCUT2D eigenvalue weighted by atomic mass is 10.0. The molecule has 2 aliphatic rings. The van der Waals surface area contributed by atoms with Crippen LogP contribution in [-0.2, 0) is 6.54 Å². The van der Waals surface area contributed by atoms with Crippen LogP contribution in [0.3, 0.4) is 0 Å². The van der Waals surface area contributed by atoms with Gasteiger partial charge < -0.3 is 9.84 Å². The molecule has 0 saturated heterocycles. The highest BCUT2D eigenvalue weighted by Crippen LogP contribution is 2.44. The lowest BCUT2D eigenvalue weighted by Gasteiger charge is -2.17. The molecule has 1 aliphatic heterocycles. The van der Waals surface area contributed by atoms with E-state index in [0.717, 1.165) is 40.6 Å². The van der Waals surface area contributed by atoms with Gasteiger partial charge in [0.25, 0.3) is 11.8 Å². The standard InChI is InChI=1S/C22H18BrN3O4/c23-13-5-3-4-12(10-13)11-26-21(28)15-16(22(26)29)20(30-14-6-1-2-7-14)18-17(19(15)27)24-8-9-25-18/h3-5,8-10,14,27H,1-2,6-7,11H2. The second-order valence-electron chi connectivity index (χ2n) is 7.53. The molecule has 0 radical (unpaired) electrons. The molecule has 152 valence electrons. The third-order valence-corrected chi connectivity index (χ3v) is 6.08. The number of aromatic hydroxyl groups is 1. The lowest BCUT2D eigenvalue weighted by Crippen LogP contribution is -2.29. The van der Waals surface area contributed by atoms with Crippen LogP contribution in [0.2, 0.25) is 0 Å². The summed E-state index contributed by atoms with van der Waals surface area (Å²) in [5.41, 5.74) is 1.27. The highest BCUT2D eigenvalue weighted by atomic mass is 79.9. The Balaban J connectivity index is 1.64. The largest absolute Gasteiger partial charge is 0.505 e. The molecule has 1 fully saturated rings. The zero-order valence-electron chi connectivity index (χ0n) is 16.0. The number of ether oxygens (including phenoxy) is 1. The number of imide groups is 1. The van der Waals surface area contributed by atoms with E-state index < -0.39 is 11.8 Å². The number of phenols is 1. The maximum Gasteiger partial charge on any atom is 0.265 e. The number of carbonyl (C=O) groups excluding carboxylic acids is 2. The van der Waals surface area contributed by atoms with E-state index >= 15 is 0 Å². The van der Waals surface area contributed by atoms with Crippen LogP contribution in [0.1, 0.15) is 52.0 Å². The first kappa shape index (κ1) is 19.0. The number of nitrogens with zero attached hydrogens (tertiary/aromatic N) is 3. The molecule has 1 saturated carbocycles. The predicted octanol–water partition coefficient (Wildman–Crippen LogP) is 4.22. The van der Waals surface area contributed by atoms with Crippen LogP contribution >= 0.6 is 15.9 Å². The summed E-state index contributed by atoms with van der Waals surface area (Å²) in [6.45, 7) is 0.0886. The molecular weight excluding hydrogens is 450 g/mol. The van der Waals surface area contributed by atoms with Crippen molar-refractivity contribution < 1.29 is 19.4 Å². The van der Waals surface area contributed by atoms with Crippen molar-refractivity contribution >= 4 is 38.8 Å². The van der Waals surface area contributed by atoms with Gasteiger partial charge in [0.15, 0.2) is 11.5 Å². The molecule has 2 aromatic carbocycles. The van der Waals surface area contributed by atoms with E-state index in [0.29, 0.717) is 5.52 Å². The first-order valence-electron chi connectivity index (χ1n) is 9.81. The molecular formula is C22H18BrN3O4. The highest BCUT2D eigenvalue weighted by molar-refractivity contribution is 9.10. The van der Waals surface area contributed by atoms with E-state index in [9.17, 15) is 14.7 Å². The van der Waals surface area contributed by atoms with E-state index in [2.05, 4.69) is 25.9 Å². The van der Waals surface area contributed by atoms with Gasteiger partial charge in [-0.05, 0) is 43.4 Å². The first-order valence-corrected chi connectivity index (χ1v) is 10.6. The van der Waals surface area contributed by atoms with Gasteiger partial charge in [0.05, 0.1) is 12.6 Å². The molecule has 7 nitrogen and oxygen atoms in total. The maximum absolute atomic E-state index is 13.3. The van der Waals surface area contributed by atoms with Gasteiger partial charge >= 0.3 is 0 Å². The number of halogens is 1. The summed E-state index contributed by atoms with van der Waals surface area (Å²) in [6.07, 6.45) is 6.73. The molecule has 5 rings (SSSR count). The molecule has 3 aromatic rings. The van der Waals surface area contributed by atoms with Gasteiger partial charge in [-0.25, -0.2) is 9.97 Å². The van der Waals surface area contributed by atoms with Crippen LogP contribution in [0, 0.1) is 0 Å². The fraction of sp³-hybridized carbons (Fsp3) is 0.273. The quantitative estimate of drug-likeness (QED) is 0.577. The smallest absolute Gasteiger partial charge is 0.265 e. The molecule has 0 unspecified atom stereocenters. The number of hydrogen-bond acceptors (Lipinski definition) is 6. The zero-order chi connectivity index (χ0) is 20.8. The summed E-state index contributed by atoms with van der Waals surface area (Å²) < 4.78 is 7.05. The van der Waals surface area contributed by atoms with Crippen molar-refractivity contribution in [1.29, 1.82) is 0 Å². The first-order chi connectivity index (χ1) is 14.5. The normalized spacial score (nSPS) is 16.5. The van der Waals surface area contributed by atoms with Gasteiger partial charge in [-0.1, -0.05) is 28.1 Å². The summed E-state index contributed by atoms with van der Waals surface area (Å²) in [5, 5.41) is 10.8. The minimum absolute atomic E-state index is 0.0501. The van der Waals surface area contributed by atoms with Crippen molar-refractivity contribution in [3.63, 3.8) is 0 Å². The number of rotatable bonds is 4. The topological polar surface area (TPSA) is 92.6 Å². The maximum atomic E-state index is 13.3. The Hall–Kier alpha value is -3.00. The number of fused-ring (bicyclic) bond motifs is 2. The number of hydrogen-bond donors (Lipinski definition) is 1. The lowest BCUT2D eigenvalue weighted by molar-refractivity contribution is 0.0640. The Morgan fingerprint density at radius 2 is 1.77 bits per heavy atom. The summed E-state index contributed by atoms with van der Waals surface area (Å²) in [7, 11) is 0. The van der Waals surface area contributed by atoms with Crippen LogP contribution in [0.25, 0.3) is 11.0 Å². The number of phenolic OH excluding ortho intramolecular Hbond substituents is 1. The van der Waals surface area contributed by atoms with Crippen LogP contribution in [0.15, 0.2) is 41.1 Å². The van der Waals surface area contributed by atoms with Gasteiger partial charge in [-0.3, -0.25) is 14.5 Å². The molecule has 2 heterocycles. The number of benzene rings is 2. The van der Waals surface area contributed by atoms with E-state index in [4.69, 9.17) is 4.74 Å². The molecule has 1 N–H and O–H groups in total. The Morgan fingerprint density at radius 1 is 1.07 bits per heavy atom. The summed E-state index contributed by atoms with van der Waals surface area (Å²) in [5.74, 6) is -1.14. The minimum Gasteiger partial charge on any atom is -0.505 e. The van der Waals surface area contributed by atoms with Crippen molar-refractivity contribution in [3.05, 3.63) is 57.8 Å². The monoisotopic (exact) mass is 467 g/mol. The minimum atomic E-state index is -0.559. The predicted molar refractivity (Wildman–Crippen MR) is 112 cm³/mol. The fourth-order valence-corrected chi connectivity index (χ4v) is 4.62. The summed E-state index contributed by atoms with van der Waals surface area (Å²) in [6, 6.07) is 7.39. The van der Waals surface area contributed by atoms with Crippen molar-refractivity contribution in [3.8, 4) is 11.5 Å². The number of carbonyl (C=O) groups is 2. The number of amides is 2. The fourth-order valence-electron chi connectivity index (χ4n) is 4.17. The Labute approximate surface area is 180 Å². The molecule has 0 spiro atoms. The van der Waals surface area contributed by atoms with Gasteiger partial charge in [0.2, 0.25) is 0 Å². The van der Waals surface area contributed by atoms with Crippen molar-refractivity contribution in [2.45, 2.75) is 38.3 Å². The SMILES string of the molecule is O=C1c2c(c(OC3CCCC3)c3nccnc3c2O)C(=O)N1Cc1cccc(Br)c1. The molecule has 1 aliphatic carbocycles. The van der Waals surface area contributed by atoms with Crippen LogP contribution in [-0.4, -0.2) is 37.9 Å². The van der Waals surface area contributed by atoms with Crippen molar-refractivity contribution in [2.24, 2.45) is 0 Å². The third kappa shape index (κ3) is 3.02. The van der Waals surface area contributed by atoms with Crippen LogP contribution in [0.5, 0.6) is 11.5 Å². The molecule has 0 bridgehead atoms. The Bertz CT molecular complexity index is 1190. The Morgan fingerprint density at radius 3 is 2.50 bits per heavy atom. The average molecular weight is 468 g/mol. The van der Waals surface area contributed by atoms with E-state index in [-0.39, 0.29) is 40.8 Å². The average Bonchev–Trinajstić information content (AvgIpc) is 3.34. The third-order valence-electron chi connectivity index (χ3n) is 5.59. The molecule has 1 aromatic heterocycles. The molecule has 8 heteroatoms. The molecule has 2 amide bonds. The summed E-state index contributed by atoms with van der Waals surface area (Å²) in [4.78, 5) is 36.2. The second kappa shape index (κ2) is 7.36. The molecule has 0 atom stereocenters. The Kier molecular flexibility index (Phi) is 4.66. The van der Waals surface area contributed by atoms with E-state index in [1.54, 1.807) is 0 Å². The summed E-state index contributed by atoms with van der Waals surface area (Å²) >= 11 is 3.41. The van der Waals surface area contributed by atoms with Crippen LogP contribution < -0.4 is 4.74 Å². The van der Waals surface area contributed by atoms with Crippen molar-refractivity contribution in [1.82, 2.24) is 14.9 Å². The zero-order valence-corrected chi connectivity index (χ0v) is 17.6. The van der Waals surface area contributed by atoms with Gasteiger partial charge in [-0.15, -0.1) is 0 Å². The van der Waals surface area contributed by atoms with Gasteiger partial charge in [-0.2, -0.15) is 0 Å². The van der Waals surface area contributed by atoms with E-state index in [1.807, 2.05) is 24.3 Å². The van der Waals surface area contributed by atoms with Gasteiger partial charge in [0, 0.05) is 16.9 Å².